The lowest BCUT2D eigenvalue weighted by molar-refractivity contribution is 0.991. The first-order chi connectivity index (χ1) is 5.68. The monoisotopic (exact) mass is 201 g/mol. The quantitative estimate of drug-likeness (QED) is 0.744. The highest BCUT2D eigenvalue weighted by atomic mass is 35.5. The molecule has 0 aromatic heterocycles. The molecular formula is C9H9Cl2N. The van der Waals surface area contributed by atoms with Crippen molar-refractivity contribution >= 4 is 23.2 Å². The molecule has 0 heterocycles. The minimum atomic E-state index is 0.322. The summed E-state index contributed by atoms with van der Waals surface area (Å²) < 4.78 is 0. The summed E-state index contributed by atoms with van der Waals surface area (Å²) in [5.41, 5.74) is 6.92. The Morgan fingerprint density at radius 3 is 2.42 bits per heavy atom. The highest BCUT2D eigenvalue weighted by Crippen LogP contribution is 2.40. The van der Waals surface area contributed by atoms with Gasteiger partial charge >= 0.3 is 0 Å². The maximum atomic E-state index is 5.86. The highest BCUT2D eigenvalue weighted by Gasteiger charge is 2.34. The Morgan fingerprint density at radius 2 is 1.92 bits per heavy atom. The molecule has 3 heteroatoms. The summed E-state index contributed by atoms with van der Waals surface area (Å²) in [7, 11) is 0. The SMILES string of the molecule is N[C@H]1C[C@H]1c1ccc(Cl)c(Cl)c1. The zero-order valence-corrected chi connectivity index (χ0v) is 7.94. The van der Waals surface area contributed by atoms with Gasteiger partial charge in [0.15, 0.2) is 0 Å². The summed E-state index contributed by atoms with van der Waals surface area (Å²) in [6.07, 6.45) is 1.07. The van der Waals surface area contributed by atoms with E-state index in [0.29, 0.717) is 22.0 Å². The van der Waals surface area contributed by atoms with Gasteiger partial charge < -0.3 is 5.73 Å². The maximum Gasteiger partial charge on any atom is 0.0595 e. The molecule has 2 N–H and O–H groups in total. The topological polar surface area (TPSA) is 26.0 Å². The predicted molar refractivity (Wildman–Crippen MR) is 51.8 cm³/mol. The fraction of sp³-hybridized carbons (Fsp3) is 0.333. The predicted octanol–water partition coefficient (Wildman–Crippen LogP) is 2.81. The van der Waals surface area contributed by atoms with Crippen LogP contribution in [-0.4, -0.2) is 6.04 Å². The number of benzene rings is 1. The van der Waals surface area contributed by atoms with Crippen LogP contribution < -0.4 is 5.73 Å². The zero-order valence-electron chi connectivity index (χ0n) is 6.43. The lowest BCUT2D eigenvalue weighted by Crippen LogP contribution is -2.00. The first-order valence-corrected chi connectivity index (χ1v) is 4.64. The third-order valence-corrected chi connectivity index (χ3v) is 2.95. The third kappa shape index (κ3) is 1.45. The molecule has 1 aromatic carbocycles. The van der Waals surface area contributed by atoms with Gasteiger partial charge in [-0.25, -0.2) is 0 Å². The first-order valence-electron chi connectivity index (χ1n) is 3.89. The number of halogens is 2. The lowest BCUT2D eigenvalue weighted by Gasteiger charge is -2.00. The summed E-state index contributed by atoms with van der Waals surface area (Å²) >= 11 is 11.6. The molecule has 0 radical (unpaired) electrons. The van der Waals surface area contributed by atoms with E-state index in [1.165, 1.54) is 5.56 Å². The molecule has 0 amide bonds. The van der Waals surface area contributed by atoms with Crippen LogP contribution in [0.1, 0.15) is 17.9 Å². The van der Waals surface area contributed by atoms with E-state index in [0.717, 1.165) is 6.42 Å². The van der Waals surface area contributed by atoms with Crippen LogP contribution in [0.5, 0.6) is 0 Å². The summed E-state index contributed by atoms with van der Waals surface area (Å²) in [4.78, 5) is 0. The average molecular weight is 202 g/mol. The van der Waals surface area contributed by atoms with Crippen molar-refractivity contribution in [2.75, 3.05) is 0 Å². The van der Waals surface area contributed by atoms with Gasteiger partial charge in [-0.15, -0.1) is 0 Å². The molecule has 1 nitrogen and oxygen atoms in total. The highest BCUT2D eigenvalue weighted by molar-refractivity contribution is 6.42. The van der Waals surface area contributed by atoms with E-state index in [9.17, 15) is 0 Å². The minimum absolute atomic E-state index is 0.322. The van der Waals surface area contributed by atoms with Crippen molar-refractivity contribution in [3.8, 4) is 0 Å². The molecule has 0 spiro atoms. The Bertz CT molecular complexity index is 311. The van der Waals surface area contributed by atoms with Crippen molar-refractivity contribution in [3.63, 3.8) is 0 Å². The molecular weight excluding hydrogens is 193 g/mol. The van der Waals surface area contributed by atoms with Gasteiger partial charge in [0, 0.05) is 12.0 Å². The molecule has 0 aliphatic heterocycles. The van der Waals surface area contributed by atoms with E-state index in [-0.39, 0.29) is 0 Å². The third-order valence-electron chi connectivity index (χ3n) is 2.21. The van der Waals surface area contributed by atoms with Gasteiger partial charge in [0.1, 0.15) is 0 Å². The summed E-state index contributed by atoms with van der Waals surface area (Å²) in [5, 5.41) is 1.22. The Kier molecular flexibility index (Phi) is 2.03. The molecule has 0 unspecified atom stereocenters. The Balaban J connectivity index is 2.29. The Morgan fingerprint density at radius 1 is 1.25 bits per heavy atom. The van der Waals surface area contributed by atoms with Gasteiger partial charge in [-0.3, -0.25) is 0 Å². The van der Waals surface area contributed by atoms with Crippen molar-refractivity contribution in [2.45, 2.75) is 18.4 Å². The molecule has 12 heavy (non-hydrogen) atoms. The molecule has 64 valence electrons. The average Bonchev–Trinajstić information content (AvgIpc) is 2.73. The maximum absolute atomic E-state index is 5.86. The van der Waals surface area contributed by atoms with Gasteiger partial charge in [0.2, 0.25) is 0 Å². The van der Waals surface area contributed by atoms with Crippen LogP contribution in [0.25, 0.3) is 0 Å². The van der Waals surface area contributed by atoms with Gasteiger partial charge in [-0.2, -0.15) is 0 Å². The van der Waals surface area contributed by atoms with Crippen LogP contribution in [-0.2, 0) is 0 Å². The summed E-state index contributed by atoms with van der Waals surface area (Å²) in [6, 6.07) is 6.04. The molecule has 1 fully saturated rings. The largest absolute Gasteiger partial charge is 0.327 e. The second-order valence-corrected chi connectivity index (χ2v) is 3.99. The Labute approximate surface area is 81.5 Å². The van der Waals surface area contributed by atoms with E-state index in [1.807, 2.05) is 18.2 Å². The second-order valence-electron chi connectivity index (χ2n) is 3.18. The van der Waals surface area contributed by atoms with E-state index in [1.54, 1.807) is 0 Å². The van der Waals surface area contributed by atoms with E-state index in [2.05, 4.69) is 0 Å². The fourth-order valence-electron chi connectivity index (χ4n) is 1.34. The van der Waals surface area contributed by atoms with Crippen molar-refractivity contribution in [2.24, 2.45) is 5.73 Å². The number of rotatable bonds is 1. The summed E-state index contributed by atoms with van der Waals surface area (Å²) in [6.45, 7) is 0. The van der Waals surface area contributed by atoms with E-state index >= 15 is 0 Å². The minimum Gasteiger partial charge on any atom is -0.327 e. The van der Waals surface area contributed by atoms with Gasteiger partial charge in [0.25, 0.3) is 0 Å². The fourth-order valence-corrected chi connectivity index (χ4v) is 1.65. The van der Waals surface area contributed by atoms with Crippen molar-refractivity contribution in [1.82, 2.24) is 0 Å². The number of nitrogens with two attached hydrogens (primary N) is 1. The van der Waals surface area contributed by atoms with Gasteiger partial charge in [0.05, 0.1) is 10.0 Å². The van der Waals surface area contributed by atoms with Crippen LogP contribution >= 0.6 is 23.2 Å². The van der Waals surface area contributed by atoms with Crippen molar-refractivity contribution < 1.29 is 0 Å². The molecule has 2 atom stereocenters. The second kappa shape index (κ2) is 2.91. The molecule has 0 saturated heterocycles. The molecule has 1 aliphatic rings. The van der Waals surface area contributed by atoms with Crippen LogP contribution in [0.4, 0.5) is 0 Å². The first kappa shape index (κ1) is 8.36. The normalized spacial score (nSPS) is 27.2. The molecule has 0 bridgehead atoms. The van der Waals surface area contributed by atoms with Gasteiger partial charge in [-0.05, 0) is 24.1 Å². The van der Waals surface area contributed by atoms with Crippen molar-refractivity contribution in [1.29, 1.82) is 0 Å². The summed E-state index contributed by atoms with van der Waals surface area (Å²) in [5.74, 6) is 0.500. The Hall–Kier alpha value is -0.240. The number of hydrogen-bond donors (Lipinski definition) is 1. The lowest BCUT2D eigenvalue weighted by atomic mass is 10.1. The molecule has 1 aromatic rings. The van der Waals surface area contributed by atoms with E-state index in [4.69, 9.17) is 28.9 Å². The number of hydrogen-bond acceptors (Lipinski definition) is 1. The van der Waals surface area contributed by atoms with Crippen LogP contribution in [0.3, 0.4) is 0 Å². The van der Waals surface area contributed by atoms with Crippen LogP contribution in [0, 0.1) is 0 Å². The molecule has 1 aliphatic carbocycles. The van der Waals surface area contributed by atoms with Crippen molar-refractivity contribution in [3.05, 3.63) is 33.8 Å². The van der Waals surface area contributed by atoms with Gasteiger partial charge in [-0.1, -0.05) is 29.3 Å². The standard InChI is InChI=1S/C9H9Cl2N/c10-7-2-1-5(3-8(7)11)6-4-9(6)12/h1-3,6,9H,4,12H2/t6-,9-/m0/s1. The van der Waals surface area contributed by atoms with E-state index < -0.39 is 0 Å². The van der Waals surface area contributed by atoms with Crippen LogP contribution in [0.15, 0.2) is 18.2 Å². The molecule has 2 rings (SSSR count). The molecule has 1 saturated carbocycles. The zero-order chi connectivity index (χ0) is 8.72. The van der Waals surface area contributed by atoms with Crippen LogP contribution in [0.2, 0.25) is 10.0 Å². The smallest absolute Gasteiger partial charge is 0.0595 e.